The lowest BCUT2D eigenvalue weighted by Crippen LogP contribution is -2.65. The Bertz CT molecular complexity index is 1380. The van der Waals surface area contributed by atoms with Crippen LogP contribution in [0.3, 0.4) is 0 Å². The van der Waals surface area contributed by atoms with Crippen molar-refractivity contribution in [2.75, 3.05) is 5.73 Å². The number of rotatable bonds is 3. The van der Waals surface area contributed by atoms with E-state index in [9.17, 15) is 34.8 Å². The number of carbonyl (C=O) groups excluding carboxylic acids is 3. The molecule has 5 rings (SSSR count). The standard InChI is InChI=1S/C23H23N5O7/c24-11-1-2-12(29)13-9(11)5-22(7-28-4-3-27-8-28)6-10-16(25)18(31)14(21(26)34)19(32)23(10,35)20(33)15(22)17(13)30/h1-4,8,10,16,29,31,33,35H,5-7,24-25H2,(H2,26,34)/t10-,16-,22-,23+/m0/s1. The van der Waals surface area contributed by atoms with E-state index in [2.05, 4.69) is 4.98 Å². The average molecular weight is 481 g/mol. The molecule has 35 heavy (non-hydrogen) atoms. The number of nitrogen functional groups attached to an aromatic ring is 1. The summed E-state index contributed by atoms with van der Waals surface area (Å²) in [5.41, 5.74) is 12.7. The van der Waals surface area contributed by atoms with Gasteiger partial charge in [-0.3, -0.25) is 14.4 Å². The number of phenols is 1. The van der Waals surface area contributed by atoms with Crippen LogP contribution >= 0.6 is 0 Å². The summed E-state index contributed by atoms with van der Waals surface area (Å²) < 4.78 is 1.65. The average Bonchev–Trinajstić information content (AvgIpc) is 3.29. The van der Waals surface area contributed by atoms with E-state index in [1.54, 1.807) is 10.8 Å². The maximum Gasteiger partial charge on any atom is 0.255 e. The van der Waals surface area contributed by atoms with Crippen LogP contribution in [0.1, 0.15) is 22.3 Å². The molecular formula is C23H23N5O7. The Labute approximate surface area is 198 Å². The van der Waals surface area contributed by atoms with Gasteiger partial charge in [-0.15, -0.1) is 0 Å². The highest BCUT2D eigenvalue weighted by atomic mass is 16.3. The number of aliphatic hydroxyl groups is 3. The lowest BCUT2D eigenvalue weighted by Gasteiger charge is -2.53. The first-order chi connectivity index (χ1) is 16.4. The van der Waals surface area contributed by atoms with Gasteiger partial charge in [0.05, 0.1) is 17.9 Å². The van der Waals surface area contributed by atoms with Crippen LogP contribution in [0.4, 0.5) is 5.69 Å². The van der Waals surface area contributed by atoms with Crippen LogP contribution in [0, 0.1) is 11.3 Å². The number of carbonyl (C=O) groups is 3. The van der Waals surface area contributed by atoms with Crippen molar-refractivity contribution in [3.8, 4) is 5.75 Å². The largest absolute Gasteiger partial charge is 0.510 e. The smallest absolute Gasteiger partial charge is 0.255 e. The number of benzene rings is 1. The first kappa shape index (κ1) is 22.6. The number of ketones is 2. The Morgan fingerprint density at radius 3 is 2.57 bits per heavy atom. The number of Topliss-reactive ketones (excluding diaryl/α,β-unsaturated/α-hetero) is 2. The summed E-state index contributed by atoms with van der Waals surface area (Å²) in [6.07, 6.45) is 4.51. The number of fused-ring (bicyclic) bond motifs is 3. The predicted molar refractivity (Wildman–Crippen MR) is 120 cm³/mol. The molecule has 0 fully saturated rings. The number of amides is 1. The van der Waals surface area contributed by atoms with Crippen molar-refractivity contribution in [1.29, 1.82) is 0 Å². The van der Waals surface area contributed by atoms with Crippen LogP contribution in [0.5, 0.6) is 5.75 Å². The number of phenolic OH excluding ortho intramolecular Hbond substituents is 1. The second kappa shape index (κ2) is 7.17. The third-order valence-corrected chi connectivity index (χ3v) is 7.44. The third-order valence-electron chi connectivity index (χ3n) is 7.44. The molecule has 12 heteroatoms. The molecule has 0 saturated heterocycles. The van der Waals surface area contributed by atoms with E-state index in [0.717, 1.165) is 0 Å². The summed E-state index contributed by atoms with van der Waals surface area (Å²) in [5, 5.41) is 44.0. The number of aromatic hydroxyl groups is 1. The fourth-order valence-electron chi connectivity index (χ4n) is 5.85. The Kier molecular flexibility index (Phi) is 4.63. The molecule has 2 aromatic rings. The van der Waals surface area contributed by atoms with Gasteiger partial charge in [-0.2, -0.15) is 0 Å². The second-order valence-electron chi connectivity index (χ2n) is 9.33. The fourth-order valence-corrected chi connectivity index (χ4v) is 5.85. The Morgan fingerprint density at radius 2 is 1.94 bits per heavy atom. The first-order valence-corrected chi connectivity index (χ1v) is 10.7. The van der Waals surface area contributed by atoms with Crippen molar-refractivity contribution in [3.63, 3.8) is 0 Å². The van der Waals surface area contributed by atoms with Crippen LogP contribution in [-0.2, 0) is 22.6 Å². The monoisotopic (exact) mass is 481 g/mol. The number of nitrogens with zero attached hydrogens (tertiary/aromatic N) is 2. The molecule has 0 aliphatic heterocycles. The Balaban J connectivity index is 1.82. The molecule has 10 N–H and O–H groups in total. The summed E-state index contributed by atoms with van der Waals surface area (Å²) in [5.74, 6) is -7.03. The molecule has 1 aromatic heterocycles. The third kappa shape index (κ3) is 2.80. The molecule has 0 bridgehead atoms. The molecule has 3 aliphatic rings. The predicted octanol–water partition coefficient (Wildman–Crippen LogP) is -0.633. The van der Waals surface area contributed by atoms with Crippen molar-refractivity contribution in [2.45, 2.75) is 31.0 Å². The van der Waals surface area contributed by atoms with Gasteiger partial charge in [0.2, 0.25) is 5.78 Å². The van der Waals surface area contributed by atoms with Crippen LogP contribution in [0.2, 0.25) is 0 Å². The molecule has 1 aromatic carbocycles. The van der Waals surface area contributed by atoms with Crippen LogP contribution in [0.25, 0.3) is 0 Å². The second-order valence-corrected chi connectivity index (χ2v) is 9.33. The van der Waals surface area contributed by atoms with E-state index in [4.69, 9.17) is 17.2 Å². The van der Waals surface area contributed by atoms with E-state index in [1.165, 1.54) is 24.7 Å². The molecule has 1 heterocycles. The molecule has 3 aliphatic carbocycles. The van der Waals surface area contributed by atoms with Gasteiger partial charge in [0, 0.05) is 41.5 Å². The zero-order valence-corrected chi connectivity index (χ0v) is 18.3. The molecule has 1 amide bonds. The van der Waals surface area contributed by atoms with Gasteiger partial charge in [0.15, 0.2) is 11.4 Å². The summed E-state index contributed by atoms with van der Waals surface area (Å²) in [6, 6.07) is 1.23. The van der Waals surface area contributed by atoms with Crippen molar-refractivity contribution in [1.82, 2.24) is 9.55 Å². The van der Waals surface area contributed by atoms with Gasteiger partial charge in [-0.05, 0) is 30.5 Å². The van der Waals surface area contributed by atoms with Gasteiger partial charge in [0.1, 0.15) is 22.8 Å². The fraction of sp³-hybridized carbons (Fsp3) is 0.304. The maximum atomic E-state index is 13.8. The number of hydrogen-bond acceptors (Lipinski definition) is 10. The Hall–Kier alpha value is -4.16. The van der Waals surface area contributed by atoms with Crippen molar-refractivity contribution in [2.24, 2.45) is 22.8 Å². The molecule has 182 valence electrons. The van der Waals surface area contributed by atoms with Crippen LogP contribution in [-0.4, -0.2) is 59.1 Å². The first-order valence-electron chi connectivity index (χ1n) is 10.7. The van der Waals surface area contributed by atoms with E-state index < -0.39 is 57.5 Å². The summed E-state index contributed by atoms with van der Waals surface area (Å²) in [6.45, 7) is 0.0628. The van der Waals surface area contributed by atoms with Gasteiger partial charge < -0.3 is 42.2 Å². The molecule has 4 atom stereocenters. The number of nitrogens with two attached hydrogens (primary N) is 3. The number of aliphatic hydroxyl groups excluding tert-OH is 2. The zero-order chi connectivity index (χ0) is 25.4. The van der Waals surface area contributed by atoms with E-state index in [0.29, 0.717) is 5.56 Å². The normalized spacial score (nSPS) is 30.1. The van der Waals surface area contributed by atoms with Crippen LogP contribution < -0.4 is 17.2 Å². The SMILES string of the molecule is NC(=O)C1=C(O)[C@@H](N)[C@@H]2C[C@]3(Cn4ccnc4)Cc4c(N)ccc(O)c4C(=O)C3=C(O)[C@]2(O)C1=O. The lowest BCUT2D eigenvalue weighted by atomic mass is 9.52. The molecule has 0 radical (unpaired) electrons. The van der Waals surface area contributed by atoms with Gasteiger partial charge in [-0.1, -0.05) is 0 Å². The minimum absolute atomic E-state index is 0.0342. The topological polar surface area (TPSA) is 228 Å². The molecule has 0 unspecified atom stereocenters. The van der Waals surface area contributed by atoms with Crippen molar-refractivity contribution >= 4 is 23.2 Å². The van der Waals surface area contributed by atoms with Crippen LogP contribution in [0.15, 0.2) is 53.5 Å². The van der Waals surface area contributed by atoms with Gasteiger partial charge in [0.25, 0.3) is 5.91 Å². The summed E-state index contributed by atoms with van der Waals surface area (Å²) in [7, 11) is 0. The number of imidazole rings is 1. The number of hydrogen-bond donors (Lipinski definition) is 7. The van der Waals surface area contributed by atoms with Crippen molar-refractivity contribution in [3.05, 3.63) is 64.6 Å². The minimum atomic E-state index is -2.80. The number of aromatic nitrogens is 2. The molecule has 0 saturated carbocycles. The van der Waals surface area contributed by atoms with Gasteiger partial charge >= 0.3 is 0 Å². The maximum absolute atomic E-state index is 13.8. The summed E-state index contributed by atoms with van der Waals surface area (Å²) >= 11 is 0. The molecular weight excluding hydrogens is 458 g/mol. The van der Waals surface area contributed by atoms with E-state index in [1.807, 2.05) is 0 Å². The summed E-state index contributed by atoms with van der Waals surface area (Å²) in [4.78, 5) is 42.9. The van der Waals surface area contributed by atoms with Crippen molar-refractivity contribution < 1.29 is 34.8 Å². The Morgan fingerprint density at radius 1 is 1.23 bits per heavy atom. The zero-order valence-electron chi connectivity index (χ0n) is 18.3. The number of primary amides is 1. The number of allylic oxidation sites excluding steroid dienone is 1. The highest BCUT2D eigenvalue weighted by Crippen LogP contribution is 2.57. The minimum Gasteiger partial charge on any atom is -0.510 e. The number of anilines is 1. The molecule has 0 spiro atoms. The molecule has 12 nitrogen and oxygen atoms in total. The lowest BCUT2D eigenvalue weighted by molar-refractivity contribution is -0.147. The van der Waals surface area contributed by atoms with E-state index >= 15 is 0 Å². The highest BCUT2D eigenvalue weighted by molar-refractivity contribution is 6.25. The van der Waals surface area contributed by atoms with Gasteiger partial charge in [-0.25, -0.2) is 4.98 Å². The highest BCUT2D eigenvalue weighted by Gasteiger charge is 2.65. The van der Waals surface area contributed by atoms with E-state index in [-0.39, 0.29) is 42.0 Å². The quantitative estimate of drug-likeness (QED) is 0.167.